The number of benzene rings is 1. The largest absolute Gasteiger partial charge is 0.493 e. The molecule has 0 N–H and O–H groups in total. The molecule has 0 heterocycles. The van der Waals surface area contributed by atoms with Crippen LogP contribution < -0.4 is 9.47 Å². The van der Waals surface area contributed by atoms with Crippen LogP contribution >= 0.6 is 0 Å². The molecule has 1 aromatic carbocycles. The van der Waals surface area contributed by atoms with Gasteiger partial charge in [-0.3, -0.25) is 0 Å². The molecule has 86 valence electrons. The van der Waals surface area contributed by atoms with Crippen molar-refractivity contribution < 1.29 is 14.2 Å². The van der Waals surface area contributed by atoms with Gasteiger partial charge in [0, 0.05) is 26.2 Å². The van der Waals surface area contributed by atoms with Crippen LogP contribution in [0.25, 0.3) is 0 Å². The van der Waals surface area contributed by atoms with Gasteiger partial charge in [-0.05, 0) is 12.1 Å². The van der Waals surface area contributed by atoms with Gasteiger partial charge in [-0.15, -0.1) is 0 Å². The Labute approximate surface area is 95.4 Å². The van der Waals surface area contributed by atoms with E-state index < -0.39 is 0 Å². The smallest absolute Gasteiger partial charge is 0.162 e. The first-order valence-corrected chi connectivity index (χ1v) is 5.01. The molecule has 16 heavy (non-hydrogen) atoms. The summed E-state index contributed by atoms with van der Waals surface area (Å²) in [5.41, 5.74) is 0.557. The summed E-state index contributed by atoms with van der Waals surface area (Å²) >= 11 is 0. The molecule has 0 fully saturated rings. The normalized spacial score (nSPS) is 9.56. The van der Waals surface area contributed by atoms with Crippen LogP contribution in [0.1, 0.15) is 12.0 Å². The molecule has 0 aliphatic rings. The van der Waals surface area contributed by atoms with Crippen LogP contribution in [0, 0.1) is 11.3 Å². The Balaban J connectivity index is 2.62. The topological polar surface area (TPSA) is 51.5 Å². The van der Waals surface area contributed by atoms with Crippen LogP contribution in [0.3, 0.4) is 0 Å². The fourth-order valence-electron chi connectivity index (χ4n) is 1.24. The number of methoxy groups -OCH3 is 2. The molecule has 0 aromatic heterocycles. The lowest BCUT2D eigenvalue weighted by Crippen LogP contribution is -2.02. The molecule has 0 saturated heterocycles. The molecule has 4 nitrogen and oxygen atoms in total. The zero-order chi connectivity index (χ0) is 11.8. The first-order valence-electron chi connectivity index (χ1n) is 5.01. The monoisotopic (exact) mass is 221 g/mol. The van der Waals surface area contributed by atoms with Gasteiger partial charge in [0.1, 0.15) is 0 Å². The SMILES string of the molecule is COCCCOc1ccc(C#N)cc1OC. The zero-order valence-electron chi connectivity index (χ0n) is 9.53. The number of rotatable bonds is 6. The number of hydrogen-bond acceptors (Lipinski definition) is 4. The third kappa shape index (κ3) is 3.44. The Morgan fingerprint density at radius 2 is 2.00 bits per heavy atom. The van der Waals surface area contributed by atoms with E-state index in [2.05, 4.69) is 0 Å². The highest BCUT2D eigenvalue weighted by atomic mass is 16.5. The highest BCUT2D eigenvalue weighted by Gasteiger charge is 2.05. The zero-order valence-corrected chi connectivity index (χ0v) is 9.53. The number of nitriles is 1. The third-order valence-corrected chi connectivity index (χ3v) is 2.04. The van der Waals surface area contributed by atoms with Crippen LogP contribution in [-0.4, -0.2) is 27.4 Å². The predicted octanol–water partition coefficient (Wildman–Crippen LogP) is 1.98. The van der Waals surface area contributed by atoms with E-state index in [1.165, 1.54) is 0 Å². The summed E-state index contributed by atoms with van der Waals surface area (Å²) in [6, 6.07) is 7.15. The second-order valence-corrected chi connectivity index (χ2v) is 3.17. The predicted molar refractivity (Wildman–Crippen MR) is 59.7 cm³/mol. The van der Waals surface area contributed by atoms with Gasteiger partial charge in [0.15, 0.2) is 11.5 Å². The molecule has 0 bridgehead atoms. The Bertz CT molecular complexity index is 371. The molecular formula is C12H15NO3. The van der Waals surface area contributed by atoms with E-state index in [0.29, 0.717) is 30.3 Å². The average molecular weight is 221 g/mol. The minimum absolute atomic E-state index is 0.557. The average Bonchev–Trinajstić information content (AvgIpc) is 2.34. The highest BCUT2D eigenvalue weighted by Crippen LogP contribution is 2.27. The number of ether oxygens (including phenoxy) is 3. The minimum Gasteiger partial charge on any atom is -0.493 e. The molecule has 0 atom stereocenters. The molecule has 0 radical (unpaired) electrons. The Kier molecular flexibility index (Phi) is 5.17. The van der Waals surface area contributed by atoms with Gasteiger partial charge in [-0.25, -0.2) is 0 Å². The lowest BCUT2D eigenvalue weighted by atomic mass is 10.2. The summed E-state index contributed by atoms with van der Waals surface area (Å²) < 4.78 is 15.6. The lowest BCUT2D eigenvalue weighted by Gasteiger charge is -2.10. The number of nitrogens with zero attached hydrogens (tertiary/aromatic N) is 1. The van der Waals surface area contributed by atoms with Crippen molar-refractivity contribution in [3.05, 3.63) is 23.8 Å². The Morgan fingerprint density at radius 1 is 1.19 bits per heavy atom. The van der Waals surface area contributed by atoms with Crippen molar-refractivity contribution in [1.82, 2.24) is 0 Å². The maximum atomic E-state index is 8.73. The van der Waals surface area contributed by atoms with Crippen LogP contribution in [0.5, 0.6) is 11.5 Å². The van der Waals surface area contributed by atoms with Gasteiger partial charge >= 0.3 is 0 Å². The van der Waals surface area contributed by atoms with Crippen LogP contribution in [0.15, 0.2) is 18.2 Å². The fraction of sp³-hybridized carbons (Fsp3) is 0.417. The van der Waals surface area contributed by atoms with Crippen LogP contribution in [0.4, 0.5) is 0 Å². The minimum atomic E-state index is 0.557. The fourth-order valence-corrected chi connectivity index (χ4v) is 1.24. The van der Waals surface area contributed by atoms with Gasteiger partial charge in [-0.1, -0.05) is 0 Å². The summed E-state index contributed by atoms with van der Waals surface area (Å²) in [6.45, 7) is 1.23. The molecule has 0 aliphatic heterocycles. The molecule has 0 aliphatic carbocycles. The van der Waals surface area contributed by atoms with Crippen molar-refractivity contribution in [2.75, 3.05) is 27.4 Å². The van der Waals surface area contributed by atoms with E-state index >= 15 is 0 Å². The summed E-state index contributed by atoms with van der Waals surface area (Å²) in [5, 5.41) is 8.73. The summed E-state index contributed by atoms with van der Waals surface area (Å²) in [7, 11) is 3.21. The summed E-state index contributed by atoms with van der Waals surface area (Å²) in [4.78, 5) is 0. The standard InChI is InChI=1S/C12H15NO3/c1-14-6-3-7-16-11-5-4-10(9-13)8-12(11)15-2/h4-5,8H,3,6-7H2,1-2H3. The van der Waals surface area contributed by atoms with E-state index in [9.17, 15) is 0 Å². The molecule has 1 rings (SSSR count). The van der Waals surface area contributed by atoms with E-state index in [0.717, 1.165) is 6.42 Å². The van der Waals surface area contributed by atoms with Crippen molar-refractivity contribution >= 4 is 0 Å². The quantitative estimate of drug-likeness (QED) is 0.689. The Hall–Kier alpha value is -1.73. The maximum absolute atomic E-state index is 8.73. The number of hydrogen-bond donors (Lipinski definition) is 0. The van der Waals surface area contributed by atoms with Crippen molar-refractivity contribution in [1.29, 1.82) is 5.26 Å². The first kappa shape index (κ1) is 12.3. The van der Waals surface area contributed by atoms with E-state index in [1.54, 1.807) is 32.4 Å². The molecule has 1 aromatic rings. The van der Waals surface area contributed by atoms with Crippen molar-refractivity contribution in [2.45, 2.75) is 6.42 Å². The molecular weight excluding hydrogens is 206 g/mol. The van der Waals surface area contributed by atoms with Gasteiger partial charge < -0.3 is 14.2 Å². The van der Waals surface area contributed by atoms with Crippen LogP contribution in [0.2, 0.25) is 0 Å². The van der Waals surface area contributed by atoms with Gasteiger partial charge in [0.2, 0.25) is 0 Å². The van der Waals surface area contributed by atoms with Gasteiger partial charge in [-0.2, -0.15) is 5.26 Å². The highest BCUT2D eigenvalue weighted by molar-refractivity contribution is 5.46. The Morgan fingerprint density at radius 3 is 2.62 bits per heavy atom. The maximum Gasteiger partial charge on any atom is 0.162 e. The second kappa shape index (κ2) is 6.70. The van der Waals surface area contributed by atoms with E-state index in [-0.39, 0.29) is 0 Å². The van der Waals surface area contributed by atoms with Crippen molar-refractivity contribution in [3.8, 4) is 17.6 Å². The van der Waals surface area contributed by atoms with Crippen LogP contribution in [-0.2, 0) is 4.74 Å². The van der Waals surface area contributed by atoms with Crippen molar-refractivity contribution in [3.63, 3.8) is 0 Å². The van der Waals surface area contributed by atoms with Gasteiger partial charge in [0.25, 0.3) is 0 Å². The summed E-state index contributed by atoms with van der Waals surface area (Å²) in [6.07, 6.45) is 0.819. The van der Waals surface area contributed by atoms with Crippen molar-refractivity contribution in [2.24, 2.45) is 0 Å². The van der Waals surface area contributed by atoms with E-state index in [4.69, 9.17) is 19.5 Å². The third-order valence-electron chi connectivity index (χ3n) is 2.04. The second-order valence-electron chi connectivity index (χ2n) is 3.17. The lowest BCUT2D eigenvalue weighted by molar-refractivity contribution is 0.170. The first-order chi connectivity index (χ1) is 7.81. The molecule has 0 spiro atoms. The summed E-state index contributed by atoms with van der Waals surface area (Å²) in [5.74, 6) is 1.23. The molecule has 0 amide bonds. The van der Waals surface area contributed by atoms with Gasteiger partial charge in [0.05, 0.1) is 25.3 Å². The van der Waals surface area contributed by atoms with E-state index in [1.807, 2.05) is 6.07 Å². The molecule has 4 heteroatoms. The molecule has 0 unspecified atom stereocenters. The molecule has 0 saturated carbocycles.